The summed E-state index contributed by atoms with van der Waals surface area (Å²) in [5.41, 5.74) is 8.75. The van der Waals surface area contributed by atoms with Crippen LogP contribution in [0.4, 0.5) is 24.5 Å². The number of aryl methyl sites for hydroxylation is 3. The van der Waals surface area contributed by atoms with Crippen LogP contribution in [0.25, 0.3) is 66.1 Å². The molecule has 12 N–H and O–H groups in total. The molecule has 2 aromatic heterocycles. The molecule has 0 amide bonds. The van der Waals surface area contributed by atoms with E-state index in [1.807, 2.05) is 75.4 Å². The van der Waals surface area contributed by atoms with Gasteiger partial charge in [-0.15, -0.1) is 0 Å². The van der Waals surface area contributed by atoms with E-state index in [1.165, 1.54) is 12.1 Å². The van der Waals surface area contributed by atoms with Gasteiger partial charge >= 0.3 is 45.0 Å². The lowest BCUT2D eigenvalue weighted by Gasteiger charge is -2.14. The highest BCUT2D eigenvalue weighted by Gasteiger charge is 2.36. The topological polar surface area (TPSA) is 321 Å². The van der Waals surface area contributed by atoms with Crippen LogP contribution in [0.5, 0.6) is 11.5 Å². The van der Waals surface area contributed by atoms with Gasteiger partial charge in [0, 0.05) is 29.0 Å². The van der Waals surface area contributed by atoms with Gasteiger partial charge in [-0.1, -0.05) is 108 Å². The number of benzene rings is 8. The molecule has 2 aliphatic rings. The summed E-state index contributed by atoms with van der Waals surface area (Å²) in [6.07, 6.45) is -1.47. The Balaban J connectivity index is 0.000000139. The maximum atomic E-state index is 12.9. The molecule has 0 saturated heterocycles. The third kappa shape index (κ3) is 15.0. The van der Waals surface area contributed by atoms with Crippen LogP contribution in [-0.2, 0) is 26.5 Å². The van der Waals surface area contributed by atoms with Crippen LogP contribution in [0.2, 0.25) is 0 Å². The summed E-state index contributed by atoms with van der Waals surface area (Å²) < 4.78 is 88.0. The van der Waals surface area contributed by atoms with Crippen molar-refractivity contribution < 1.29 is 74.4 Å². The second-order valence-corrected chi connectivity index (χ2v) is 23.2. The highest BCUT2D eigenvalue weighted by atomic mass is 32.2. The van der Waals surface area contributed by atoms with Crippen LogP contribution in [0.3, 0.4) is 0 Å². The Morgan fingerprint density at radius 3 is 1.24 bits per heavy atom. The maximum Gasteiger partial charge on any atom is 0.489 e. The molecule has 8 aromatic carbocycles. The number of hydrogen-bond donors (Lipinski definition) is 12. The molecule has 28 heteroatoms. The number of aromatic amines is 2. The van der Waals surface area contributed by atoms with Crippen LogP contribution < -0.4 is 50.8 Å². The minimum absolute atomic E-state index is 0.116. The van der Waals surface area contributed by atoms with E-state index < -0.39 is 66.0 Å². The fourth-order valence-electron chi connectivity index (χ4n) is 9.66. The van der Waals surface area contributed by atoms with E-state index in [9.17, 15) is 75.6 Å². The molecule has 0 spiro atoms. The molecule has 12 rings (SSSR count). The molecule has 0 aliphatic carbocycles. The summed E-state index contributed by atoms with van der Waals surface area (Å²) in [7, 11) is -13.5. The van der Waals surface area contributed by atoms with Gasteiger partial charge in [0.15, 0.2) is 11.5 Å². The quantitative estimate of drug-likeness (QED) is 0.0751. The van der Waals surface area contributed by atoms with E-state index in [1.54, 1.807) is 91.3 Å². The first-order valence-electron chi connectivity index (χ1n) is 26.1. The van der Waals surface area contributed by atoms with E-state index in [2.05, 4.69) is 25.3 Å². The van der Waals surface area contributed by atoms with Gasteiger partial charge in [0.1, 0.15) is 0 Å². The predicted molar refractivity (Wildman–Crippen MR) is 335 cm³/mol. The lowest BCUT2D eigenvalue weighted by molar-refractivity contribution is -0.136. The van der Waals surface area contributed by atoms with Crippen LogP contribution in [0.15, 0.2) is 180 Å². The molecule has 442 valence electrons. The van der Waals surface area contributed by atoms with Crippen molar-refractivity contribution in [2.24, 2.45) is 0 Å². The van der Waals surface area contributed by atoms with E-state index >= 15 is 0 Å². The summed E-state index contributed by atoms with van der Waals surface area (Å²) in [4.78, 5) is 28.7. The molecule has 0 bridgehead atoms. The molecular formula is C59H51B4F3N4O15S2. The van der Waals surface area contributed by atoms with Gasteiger partial charge in [-0.2, -0.15) is 21.6 Å². The molecule has 0 radical (unpaired) electrons. The number of nitrogens with one attached hydrogen (secondary N) is 4. The number of H-pyrrole nitrogens is 2. The first-order chi connectivity index (χ1) is 41.0. The average Bonchev–Trinajstić information content (AvgIpc) is 2.02. The molecule has 10 aromatic rings. The first kappa shape index (κ1) is 62.6. The molecule has 19 nitrogen and oxygen atoms in total. The van der Waals surface area contributed by atoms with Gasteiger partial charge in [-0.25, -0.2) is 8.93 Å². The highest BCUT2D eigenvalue weighted by molar-refractivity contribution is 7.97. The van der Waals surface area contributed by atoms with Crippen molar-refractivity contribution in [2.45, 2.75) is 26.9 Å². The zero-order valence-corrected chi connectivity index (χ0v) is 47.7. The number of pyridine rings is 2. The Hall–Kier alpha value is -8.92. The monoisotopic (exact) mass is 1220 g/mol. The predicted octanol–water partition coefficient (Wildman–Crippen LogP) is 4.16. The Morgan fingerprint density at radius 2 is 0.816 bits per heavy atom. The van der Waals surface area contributed by atoms with Gasteiger partial charge in [0.05, 0.1) is 16.9 Å². The summed E-state index contributed by atoms with van der Waals surface area (Å²) in [6.45, 7) is 5.65. The molecule has 2 aliphatic heterocycles. The van der Waals surface area contributed by atoms with Crippen molar-refractivity contribution in [3.8, 4) is 56.0 Å². The van der Waals surface area contributed by atoms with Crippen molar-refractivity contribution in [1.82, 2.24) is 9.97 Å². The second-order valence-electron chi connectivity index (χ2n) is 20.3. The summed E-state index contributed by atoms with van der Waals surface area (Å²) in [5, 5.41) is 77.4. The Morgan fingerprint density at radius 1 is 0.437 bits per heavy atom. The van der Waals surface area contributed by atoms with Gasteiger partial charge in [0.25, 0.3) is 11.1 Å². The van der Waals surface area contributed by atoms with E-state index in [0.717, 1.165) is 73.0 Å². The second kappa shape index (κ2) is 25.2. The summed E-state index contributed by atoms with van der Waals surface area (Å²) in [5.74, 6) is 3.84. The molecule has 1 atom stereocenters. The lowest BCUT2D eigenvalue weighted by atomic mass is 9.75. The van der Waals surface area contributed by atoms with Crippen LogP contribution in [0.1, 0.15) is 22.3 Å². The maximum absolute atomic E-state index is 12.9. The van der Waals surface area contributed by atoms with Crippen LogP contribution >= 0.6 is 0 Å². The van der Waals surface area contributed by atoms with Crippen molar-refractivity contribution in [1.29, 1.82) is 0 Å². The number of hydrogen-bond acceptors (Lipinski definition) is 15. The van der Waals surface area contributed by atoms with E-state index in [0.29, 0.717) is 49.7 Å². The minimum Gasteiger partial charge on any atom is -0.423 e. The number of rotatable bonds is 8. The molecule has 4 heterocycles. The Kier molecular flexibility index (Phi) is 18.1. The highest BCUT2D eigenvalue weighted by Crippen LogP contribution is 2.39. The third-order valence-electron chi connectivity index (χ3n) is 13.6. The lowest BCUT2D eigenvalue weighted by Crippen LogP contribution is -2.36. The normalized spacial score (nSPS) is 14.2. The van der Waals surface area contributed by atoms with Crippen LogP contribution in [-0.4, -0.2) is 97.1 Å². The zero-order valence-electron chi connectivity index (χ0n) is 46.1. The van der Waals surface area contributed by atoms with Gasteiger partial charge < -0.3 is 58.5 Å². The van der Waals surface area contributed by atoms with Crippen molar-refractivity contribution >= 4 is 109 Å². The summed E-state index contributed by atoms with van der Waals surface area (Å²) in [6, 6.07) is 43.5. The largest absolute Gasteiger partial charge is 0.489 e. The van der Waals surface area contributed by atoms with Crippen LogP contribution in [0, 0.1) is 20.8 Å². The fraction of sp³-hybridized carbons (Fsp3) is 0.0678. The molecular weight excluding hydrogens is 1170 g/mol. The fourth-order valence-corrected chi connectivity index (χ4v) is 11.5. The molecule has 87 heavy (non-hydrogen) atoms. The SMILES string of the molecule is C=S1(=O)Nc2ccc(-c3ccc(C(F)(F)F)c(B(O)O)c3)cc2O1.Cc1cc(B(O)O)cc(-c2ccc3c(=O)[nH]ccc3c2)c1.Cc1cc(B(O)O)cc(-c2ccc3c(=O)[nH]ccc3c2)c1.Cc1cc(B(O)O)cc(-c2ccc3c(c2)OS(=O)(=O)N3)c1. The number of halogens is 3. The first-order valence-corrected chi connectivity index (χ1v) is 29.2. The van der Waals surface area contributed by atoms with Gasteiger partial charge in [-0.3, -0.25) is 14.3 Å². The number of aromatic nitrogens is 2. The minimum atomic E-state index is -4.71. The van der Waals surface area contributed by atoms with Crippen molar-refractivity contribution in [3.63, 3.8) is 0 Å². The standard InChI is InChI=1S/2C16H14BNO3.C14H11BF3NO4S.C13H12BNO5S/c2*1-10-6-13(9-14(7-10)17(20)21)11-2-3-15-12(8-11)4-5-18-16(15)19;1-24(22)19-12-5-3-9(7-13(12)23-24)8-2-4-10(14(16,17)18)11(6-8)15(20)21;1-8-4-10(6-11(5-8)14(16)17)9-2-3-12-13(7-9)20-21(18,19)15-12/h2*2-9,20-21H,1H3,(H,18,19);2-7,20-21H,1H2,(H,19,22);2-7,15-17H,1H3. The smallest absolute Gasteiger partial charge is 0.423 e. The molecule has 1 unspecified atom stereocenters. The molecule has 0 saturated carbocycles. The van der Waals surface area contributed by atoms with Crippen molar-refractivity contribution in [3.05, 3.63) is 213 Å². The zero-order chi connectivity index (χ0) is 62.9. The number of alkyl halides is 3. The van der Waals surface area contributed by atoms with Crippen molar-refractivity contribution in [2.75, 3.05) is 9.44 Å². The average molecular weight is 1220 g/mol. The van der Waals surface area contributed by atoms with Gasteiger partial charge in [0.2, 0.25) is 9.99 Å². The Bertz CT molecular complexity index is 4500. The van der Waals surface area contributed by atoms with E-state index in [-0.39, 0.29) is 22.6 Å². The van der Waals surface area contributed by atoms with E-state index in [4.69, 9.17) is 8.37 Å². The molecule has 0 fully saturated rings. The number of fused-ring (bicyclic) bond motifs is 4. The third-order valence-corrected chi connectivity index (χ3v) is 15.4. The Labute approximate surface area is 496 Å². The van der Waals surface area contributed by atoms with Gasteiger partial charge in [-0.05, 0) is 165 Å². The summed E-state index contributed by atoms with van der Waals surface area (Å²) >= 11 is 0. The number of anilines is 2.